The monoisotopic (exact) mass is 424 g/mol. The molecule has 0 amide bonds. The number of rotatable bonds is 5. The van der Waals surface area contributed by atoms with Crippen molar-refractivity contribution >= 4 is 27.4 Å². The Hall–Kier alpha value is -3.28. The Bertz CT molecular complexity index is 1180. The number of pyridine rings is 1. The van der Waals surface area contributed by atoms with Crippen molar-refractivity contribution in [2.75, 3.05) is 17.3 Å². The molecule has 0 aliphatic heterocycles. The Morgan fingerprint density at radius 1 is 1.07 bits per heavy atom. The topological polar surface area (TPSA) is 124 Å². The van der Waals surface area contributed by atoms with Crippen LogP contribution in [0.5, 0.6) is 0 Å². The van der Waals surface area contributed by atoms with Gasteiger partial charge in [-0.1, -0.05) is 6.07 Å². The molecule has 1 aromatic carbocycles. The maximum atomic E-state index is 13.8. The predicted octanol–water partition coefficient (Wildman–Crippen LogP) is 2.91. The molecule has 0 radical (unpaired) electrons. The molecule has 29 heavy (non-hydrogen) atoms. The van der Waals surface area contributed by atoms with Crippen molar-refractivity contribution < 1.29 is 21.6 Å². The molecule has 0 aliphatic carbocycles. The summed E-state index contributed by atoms with van der Waals surface area (Å²) in [6.45, 7) is 0.585. The standard InChI is InChI=1S/C17H15F3N6O2S/c1-17(19,20)13-7-9(18)6-12(23-13)14-24-15(21)26-16(25-14)22-10-4-3-5-11(8-10)29(2,27)28/h3-8H,1-2H3,(H3,21,22,24,25,26). The Kier molecular flexibility index (Phi) is 5.13. The van der Waals surface area contributed by atoms with Crippen molar-refractivity contribution in [1.29, 1.82) is 0 Å². The molecule has 3 rings (SSSR count). The van der Waals surface area contributed by atoms with Crippen molar-refractivity contribution in [1.82, 2.24) is 19.9 Å². The van der Waals surface area contributed by atoms with Crippen LogP contribution in [0.2, 0.25) is 0 Å². The fraction of sp³-hybridized carbons (Fsp3) is 0.176. The van der Waals surface area contributed by atoms with Crippen molar-refractivity contribution in [2.45, 2.75) is 17.7 Å². The predicted molar refractivity (Wildman–Crippen MR) is 99.8 cm³/mol. The molecule has 12 heteroatoms. The van der Waals surface area contributed by atoms with Gasteiger partial charge in [-0.25, -0.2) is 17.8 Å². The summed E-state index contributed by atoms with van der Waals surface area (Å²) >= 11 is 0. The van der Waals surface area contributed by atoms with E-state index in [-0.39, 0.29) is 28.3 Å². The van der Waals surface area contributed by atoms with Crippen LogP contribution in [0.1, 0.15) is 12.6 Å². The molecule has 0 atom stereocenters. The van der Waals surface area contributed by atoms with Crippen molar-refractivity contribution in [2.24, 2.45) is 0 Å². The minimum atomic E-state index is -3.44. The smallest absolute Gasteiger partial charge is 0.287 e. The quantitative estimate of drug-likeness (QED) is 0.641. The molecule has 0 unspecified atom stereocenters. The third-order valence-corrected chi connectivity index (χ3v) is 4.75. The highest BCUT2D eigenvalue weighted by atomic mass is 32.2. The maximum Gasteiger partial charge on any atom is 0.287 e. The largest absolute Gasteiger partial charge is 0.368 e. The van der Waals surface area contributed by atoms with Crippen LogP contribution < -0.4 is 11.1 Å². The van der Waals surface area contributed by atoms with E-state index in [9.17, 15) is 21.6 Å². The van der Waals surface area contributed by atoms with Gasteiger partial charge in [-0.2, -0.15) is 23.7 Å². The highest BCUT2D eigenvalue weighted by Crippen LogP contribution is 2.28. The lowest BCUT2D eigenvalue weighted by Gasteiger charge is -2.12. The van der Waals surface area contributed by atoms with E-state index >= 15 is 0 Å². The number of sulfone groups is 1. The number of alkyl halides is 2. The van der Waals surface area contributed by atoms with Gasteiger partial charge < -0.3 is 11.1 Å². The third-order valence-electron chi connectivity index (χ3n) is 3.64. The molecule has 0 fully saturated rings. The van der Waals surface area contributed by atoms with Crippen LogP contribution in [0.15, 0.2) is 41.3 Å². The molecule has 0 spiro atoms. The number of nitrogens with zero attached hydrogens (tertiary/aromatic N) is 4. The zero-order valence-electron chi connectivity index (χ0n) is 15.2. The lowest BCUT2D eigenvalue weighted by Crippen LogP contribution is -2.12. The van der Waals surface area contributed by atoms with Crippen molar-refractivity contribution in [3.8, 4) is 11.5 Å². The second-order valence-electron chi connectivity index (χ2n) is 6.21. The van der Waals surface area contributed by atoms with Crippen LogP contribution in [0, 0.1) is 5.82 Å². The van der Waals surface area contributed by atoms with E-state index in [0.717, 1.165) is 12.3 Å². The van der Waals surface area contributed by atoms with Crippen LogP contribution >= 0.6 is 0 Å². The van der Waals surface area contributed by atoms with Crippen LogP contribution in [0.25, 0.3) is 11.5 Å². The fourth-order valence-corrected chi connectivity index (χ4v) is 3.00. The van der Waals surface area contributed by atoms with E-state index in [2.05, 4.69) is 25.3 Å². The fourth-order valence-electron chi connectivity index (χ4n) is 2.33. The van der Waals surface area contributed by atoms with Gasteiger partial charge in [0.1, 0.15) is 17.2 Å². The molecular formula is C17H15F3N6O2S. The number of hydrogen-bond acceptors (Lipinski definition) is 8. The molecule has 0 saturated carbocycles. The van der Waals surface area contributed by atoms with Gasteiger partial charge in [-0.05, 0) is 18.2 Å². The van der Waals surface area contributed by atoms with Gasteiger partial charge in [0, 0.05) is 31.0 Å². The van der Waals surface area contributed by atoms with Crippen LogP contribution in [-0.2, 0) is 15.8 Å². The first-order chi connectivity index (χ1) is 13.4. The zero-order valence-corrected chi connectivity index (χ0v) is 16.0. The second-order valence-corrected chi connectivity index (χ2v) is 8.23. The molecule has 0 bridgehead atoms. The highest BCUT2D eigenvalue weighted by molar-refractivity contribution is 7.90. The third kappa shape index (κ3) is 4.96. The zero-order chi connectivity index (χ0) is 21.4. The number of hydrogen-bond donors (Lipinski definition) is 2. The van der Waals surface area contributed by atoms with Crippen LogP contribution in [0.4, 0.5) is 30.8 Å². The van der Waals surface area contributed by atoms with E-state index < -0.39 is 27.3 Å². The molecular weight excluding hydrogens is 409 g/mol. The average molecular weight is 424 g/mol. The van der Waals surface area contributed by atoms with Crippen molar-refractivity contribution in [3.63, 3.8) is 0 Å². The molecule has 0 saturated heterocycles. The first-order valence-electron chi connectivity index (χ1n) is 8.07. The molecule has 0 aliphatic rings. The summed E-state index contributed by atoms with van der Waals surface area (Å²) in [6, 6.07) is 7.34. The number of nitrogens with two attached hydrogens (primary N) is 1. The lowest BCUT2D eigenvalue weighted by molar-refractivity contribution is 0.0125. The van der Waals surface area contributed by atoms with Gasteiger partial charge in [0.15, 0.2) is 15.7 Å². The van der Waals surface area contributed by atoms with E-state index in [4.69, 9.17) is 5.73 Å². The van der Waals surface area contributed by atoms with E-state index in [1.165, 1.54) is 18.2 Å². The summed E-state index contributed by atoms with van der Waals surface area (Å²) in [5.41, 5.74) is 4.92. The Balaban J connectivity index is 2.01. The highest BCUT2D eigenvalue weighted by Gasteiger charge is 2.28. The van der Waals surface area contributed by atoms with Crippen LogP contribution in [0.3, 0.4) is 0 Å². The SMILES string of the molecule is CC(F)(F)c1cc(F)cc(-c2nc(N)nc(Nc3cccc(S(C)(=O)=O)c3)n2)n1. The second kappa shape index (κ2) is 7.28. The molecule has 3 N–H and O–H groups in total. The summed E-state index contributed by atoms with van der Waals surface area (Å²) in [7, 11) is -3.44. The Morgan fingerprint density at radius 3 is 2.45 bits per heavy atom. The van der Waals surface area contributed by atoms with E-state index in [0.29, 0.717) is 18.7 Å². The first kappa shape index (κ1) is 20.5. The van der Waals surface area contributed by atoms with Crippen LogP contribution in [-0.4, -0.2) is 34.6 Å². The number of aromatic nitrogens is 4. The van der Waals surface area contributed by atoms with E-state index in [1.54, 1.807) is 6.07 Å². The van der Waals surface area contributed by atoms with E-state index in [1.807, 2.05) is 0 Å². The number of anilines is 3. The summed E-state index contributed by atoms with van der Waals surface area (Å²) in [5, 5.41) is 2.75. The van der Waals surface area contributed by atoms with Gasteiger partial charge in [0.2, 0.25) is 11.9 Å². The van der Waals surface area contributed by atoms with Gasteiger partial charge in [0.05, 0.1) is 4.90 Å². The molecule has 2 aromatic heterocycles. The normalized spacial score (nSPS) is 12.0. The average Bonchev–Trinajstić information content (AvgIpc) is 2.59. The van der Waals surface area contributed by atoms with Gasteiger partial charge in [-0.3, -0.25) is 0 Å². The molecule has 8 nitrogen and oxygen atoms in total. The first-order valence-corrected chi connectivity index (χ1v) is 9.96. The number of nitrogens with one attached hydrogen (secondary N) is 1. The molecule has 2 heterocycles. The van der Waals surface area contributed by atoms with Gasteiger partial charge in [0.25, 0.3) is 5.92 Å². The molecule has 152 valence electrons. The minimum absolute atomic E-state index is 0.0615. The maximum absolute atomic E-state index is 13.8. The number of nitrogen functional groups attached to an aromatic ring is 1. The van der Waals surface area contributed by atoms with Gasteiger partial charge >= 0.3 is 0 Å². The Labute approximate surface area is 164 Å². The summed E-state index contributed by atoms with van der Waals surface area (Å²) in [6.07, 6.45) is 1.06. The number of halogens is 3. The minimum Gasteiger partial charge on any atom is -0.368 e. The lowest BCUT2D eigenvalue weighted by atomic mass is 10.2. The Morgan fingerprint density at radius 2 is 1.79 bits per heavy atom. The summed E-state index contributed by atoms with van der Waals surface area (Å²) in [4.78, 5) is 15.5. The summed E-state index contributed by atoms with van der Waals surface area (Å²) < 4.78 is 64.2. The summed E-state index contributed by atoms with van der Waals surface area (Å²) in [5.74, 6) is -4.92. The van der Waals surface area contributed by atoms with Gasteiger partial charge in [-0.15, -0.1) is 0 Å². The molecule has 3 aromatic rings. The number of benzene rings is 1. The van der Waals surface area contributed by atoms with Crippen molar-refractivity contribution in [3.05, 3.63) is 47.9 Å².